The summed E-state index contributed by atoms with van der Waals surface area (Å²) < 4.78 is 23.3. The van der Waals surface area contributed by atoms with Gasteiger partial charge in [0.25, 0.3) is 17.4 Å². The lowest BCUT2D eigenvalue weighted by atomic mass is 9.77. The minimum Gasteiger partial charge on any atom is -0.345 e. The van der Waals surface area contributed by atoms with Gasteiger partial charge in [0, 0.05) is 11.1 Å². The fraction of sp³-hybridized carbons (Fsp3) is 0.321. The summed E-state index contributed by atoms with van der Waals surface area (Å²) in [5.74, 6) is -0.948. The molecule has 1 aromatic heterocycles. The Hall–Kier alpha value is -3.72. The average molecular weight is 518 g/mol. The van der Waals surface area contributed by atoms with Crippen molar-refractivity contribution in [3.63, 3.8) is 0 Å². The van der Waals surface area contributed by atoms with E-state index in [-0.39, 0.29) is 23.1 Å². The molecule has 0 bridgehead atoms. The Kier molecular flexibility index (Phi) is 5.75. The second kappa shape index (κ2) is 8.99. The van der Waals surface area contributed by atoms with E-state index in [1.807, 2.05) is 24.3 Å². The fourth-order valence-electron chi connectivity index (χ4n) is 5.52. The SMILES string of the molecule is O=C(N[C@@H]1C=CS(=O)(=O)C1)c1cc2ccc(C3CCC3)c(C(=O)Nc3ccc4c(c3)CCC4)c2[nH]c1=O. The molecule has 2 heterocycles. The van der Waals surface area contributed by atoms with Crippen LogP contribution in [0.1, 0.15) is 69.0 Å². The summed E-state index contributed by atoms with van der Waals surface area (Å²) in [5.41, 5.74) is 4.25. The predicted molar refractivity (Wildman–Crippen MR) is 142 cm³/mol. The lowest BCUT2D eigenvalue weighted by molar-refractivity contribution is 0.0945. The van der Waals surface area contributed by atoms with Crippen LogP contribution in [-0.2, 0) is 22.7 Å². The third-order valence-electron chi connectivity index (χ3n) is 7.67. The fourth-order valence-corrected chi connectivity index (χ4v) is 6.75. The molecule has 0 saturated heterocycles. The van der Waals surface area contributed by atoms with E-state index >= 15 is 0 Å². The highest BCUT2D eigenvalue weighted by molar-refractivity contribution is 7.94. The highest BCUT2D eigenvalue weighted by Gasteiger charge is 2.28. The number of aromatic amines is 1. The normalized spacial score (nSPS) is 19.9. The maximum Gasteiger partial charge on any atom is 0.261 e. The third kappa shape index (κ3) is 4.48. The lowest BCUT2D eigenvalue weighted by Gasteiger charge is -2.28. The lowest BCUT2D eigenvalue weighted by Crippen LogP contribution is -2.38. The Bertz CT molecular complexity index is 1650. The van der Waals surface area contributed by atoms with Gasteiger partial charge in [-0.2, -0.15) is 0 Å². The monoisotopic (exact) mass is 517 g/mol. The molecule has 0 spiro atoms. The molecular formula is C28H27N3O5S. The van der Waals surface area contributed by atoms with Crippen molar-refractivity contribution in [2.75, 3.05) is 11.1 Å². The Morgan fingerprint density at radius 3 is 2.49 bits per heavy atom. The van der Waals surface area contributed by atoms with E-state index in [0.717, 1.165) is 55.2 Å². The predicted octanol–water partition coefficient (Wildman–Crippen LogP) is 3.58. The first-order valence-electron chi connectivity index (χ1n) is 12.6. The Morgan fingerprint density at radius 1 is 0.946 bits per heavy atom. The number of aromatic nitrogens is 1. The first kappa shape index (κ1) is 23.7. The zero-order chi connectivity index (χ0) is 25.7. The van der Waals surface area contributed by atoms with E-state index in [2.05, 4.69) is 21.7 Å². The van der Waals surface area contributed by atoms with E-state index in [0.29, 0.717) is 16.5 Å². The van der Waals surface area contributed by atoms with Crippen molar-refractivity contribution in [3.8, 4) is 0 Å². The third-order valence-corrected chi connectivity index (χ3v) is 9.07. The second-order valence-corrected chi connectivity index (χ2v) is 12.1. The van der Waals surface area contributed by atoms with E-state index in [4.69, 9.17) is 0 Å². The molecule has 3 N–H and O–H groups in total. The van der Waals surface area contributed by atoms with Crippen LogP contribution in [0.15, 0.2) is 52.7 Å². The number of sulfone groups is 1. The molecule has 1 fully saturated rings. The van der Waals surface area contributed by atoms with Gasteiger partial charge in [-0.1, -0.05) is 24.6 Å². The number of nitrogens with one attached hydrogen (secondary N) is 3. The number of amides is 2. The van der Waals surface area contributed by atoms with Crippen molar-refractivity contribution < 1.29 is 18.0 Å². The molecule has 8 nitrogen and oxygen atoms in total. The summed E-state index contributed by atoms with van der Waals surface area (Å²) in [6, 6.07) is 10.5. The molecule has 3 aliphatic rings. The van der Waals surface area contributed by atoms with Crippen LogP contribution < -0.4 is 16.2 Å². The van der Waals surface area contributed by atoms with Gasteiger partial charge in [0.05, 0.1) is 22.9 Å². The van der Waals surface area contributed by atoms with Gasteiger partial charge in [-0.15, -0.1) is 0 Å². The number of carbonyl (C=O) groups is 2. The Labute approximate surface area is 214 Å². The molecule has 1 atom stereocenters. The van der Waals surface area contributed by atoms with Crippen molar-refractivity contribution in [1.82, 2.24) is 10.3 Å². The van der Waals surface area contributed by atoms with Crippen LogP contribution in [0.5, 0.6) is 0 Å². The van der Waals surface area contributed by atoms with E-state index < -0.39 is 27.3 Å². The molecule has 2 aliphatic carbocycles. The van der Waals surface area contributed by atoms with E-state index in [1.165, 1.54) is 23.3 Å². The molecular weight excluding hydrogens is 490 g/mol. The van der Waals surface area contributed by atoms with Crippen molar-refractivity contribution in [3.05, 3.63) is 86.1 Å². The molecule has 2 amide bonds. The van der Waals surface area contributed by atoms with E-state index in [1.54, 1.807) is 0 Å². The molecule has 1 aliphatic heterocycles. The van der Waals surface area contributed by atoms with Gasteiger partial charge in [-0.25, -0.2) is 8.42 Å². The summed E-state index contributed by atoms with van der Waals surface area (Å²) in [5, 5.41) is 7.24. The van der Waals surface area contributed by atoms with Crippen LogP contribution >= 0.6 is 0 Å². The van der Waals surface area contributed by atoms with Gasteiger partial charge >= 0.3 is 0 Å². The summed E-state index contributed by atoms with van der Waals surface area (Å²) in [4.78, 5) is 42.3. The number of aryl methyl sites for hydroxylation is 2. The van der Waals surface area contributed by atoms with Crippen LogP contribution in [0.2, 0.25) is 0 Å². The smallest absolute Gasteiger partial charge is 0.261 e. The number of hydrogen-bond donors (Lipinski definition) is 3. The first-order chi connectivity index (χ1) is 17.8. The van der Waals surface area contributed by atoms with Crippen molar-refractivity contribution >= 4 is 38.2 Å². The molecule has 37 heavy (non-hydrogen) atoms. The number of pyridine rings is 1. The van der Waals surface area contributed by atoms with Gasteiger partial charge in [0.2, 0.25) is 0 Å². The number of carbonyl (C=O) groups excluding carboxylic acids is 2. The first-order valence-corrected chi connectivity index (χ1v) is 14.3. The summed E-state index contributed by atoms with van der Waals surface area (Å²) in [6.45, 7) is 0. The average Bonchev–Trinajstić information content (AvgIpc) is 3.42. The van der Waals surface area contributed by atoms with Crippen LogP contribution in [0.4, 0.5) is 5.69 Å². The van der Waals surface area contributed by atoms with Crippen LogP contribution in [-0.4, -0.2) is 37.0 Å². The minimum atomic E-state index is -3.35. The van der Waals surface area contributed by atoms with Crippen LogP contribution in [0, 0.1) is 0 Å². The summed E-state index contributed by atoms with van der Waals surface area (Å²) in [6.07, 6.45) is 7.63. The summed E-state index contributed by atoms with van der Waals surface area (Å²) >= 11 is 0. The van der Waals surface area contributed by atoms with Crippen LogP contribution in [0.3, 0.4) is 0 Å². The number of rotatable bonds is 5. The molecule has 1 saturated carbocycles. The van der Waals surface area contributed by atoms with Gasteiger partial charge in [-0.3, -0.25) is 14.4 Å². The van der Waals surface area contributed by atoms with Crippen molar-refractivity contribution in [1.29, 1.82) is 0 Å². The number of fused-ring (bicyclic) bond motifs is 2. The molecule has 0 unspecified atom stereocenters. The number of benzene rings is 2. The number of H-pyrrole nitrogens is 1. The van der Waals surface area contributed by atoms with Gasteiger partial charge in [0.15, 0.2) is 9.84 Å². The Morgan fingerprint density at radius 2 is 1.76 bits per heavy atom. The van der Waals surface area contributed by atoms with Crippen molar-refractivity contribution in [2.45, 2.75) is 50.5 Å². The minimum absolute atomic E-state index is 0.133. The van der Waals surface area contributed by atoms with E-state index in [9.17, 15) is 22.8 Å². The molecule has 6 rings (SSSR count). The van der Waals surface area contributed by atoms with Crippen LogP contribution in [0.25, 0.3) is 10.9 Å². The standard InChI is InChI=1S/C28H27N3O5S/c32-26(30-21-11-12-37(35,36)15-21)23-14-19-8-10-22(17-4-2-5-17)24(25(19)31-27(23)33)28(34)29-20-9-7-16-3-1-6-18(16)13-20/h7-14,17,21H,1-6,15H2,(H,29,34)(H,30,32)(H,31,33)/t21-/m1/s1. The second-order valence-electron chi connectivity index (χ2n) is 10.2. The zero-order valence-corrected chi connectivity index (χ0v) is 21.0. The van der Waals surface area contributed by atoms with Gasteiger partial charge < -0.3 is 15.6 Å². The van der Waals surface area contributed by atoms with Gasteiger partial charge in [0.1, 0.15) is 5.56 Å². The van der Waals surface area contributed by atoms with Gasteiger partial charge in [-0.05, 0) is 84.4 Å². The number of hydrogen-bond acceptors (Lipinski definition) is 5. The molecule has 9 heteroatoms. The highest BCUT2D eigenvalue weighted by Crippen LogP contribution is 2.40. The van der Waals surface area contributed by atoms with Crippen molar-refractivity contribution in [2.24, 2.45) is 0 Å². The largest absolute Gasteiger partial charge is 0.345 e. The number of anilines is 1. The quantitative estimate of drug-likeness (QED) is 0.477. The molecule has 3 aromatic rings. The molecule has 190 valence electrons. The maximum absolute atomic E-state index is 13.6. The topological polar surface area (TPSA) is 125 Å². The molecule has 2 aromatic carbocycles. The summed E-state index contributed by atoms with van der Waals surface area (Å²) in [7, 11) is -3.35. The molecule has 0 radical (unpaired) electrons. The highest BCUT2D eigenvalue weighted by atomic mass is 32.2. The zero-order valence-electron chi connectivity index (χ0n) is 20.2. The maximum atomic E-state index is 13.6. The Balaban J connectivity index is 1.36.